The van der Waals surface area contributed by atoms with Crippen LogP contribution in [0.2, 0.25) is 0 Å². The summed E-state index contributed by atoms with van der Waals surface area (Å²) >= 11 is 0. The SMILES string of the molecule is C/C=C/C1CCC2CC(c3ccc4c(c3)CCC(CCCC)C4)CCC2C1. The molecule has 0 radical (unpaired) electrons. The summed E-state index contributed by atoms with van der Waals surface area (Å²) in [6, 6.07) is 7.65. The predicted molar refractivity (Wildman–Crippen MR) is 117 cm³/mol. The van der Waals surface area contributed by atoms with Gasteiger partial charge >= 0.3 is 0 Å². The molecule has 0 aromatic heterocycles. The Balaban J connectivity index is 1.38. The molecule has 0 N–H and O–H groups in total. The van der Waals surface area contributed by atoms with Gasteiger partial charge in [-0.15, -0.1) is 0 Å². The summed E-state index contributed by atoms with van der Waals surface area (Å²) in [5.41, 5.74) is 5.04. The summed E-state index contributed by atoms with van der Waals surface area (Å²) in [5.74, 6) is 4.67. The lowest BCUT2D eigenvalue weighted by molar-refractivity contribution is 0.133. The fraction of sp³-hybridized carbons (Fsp3) is 0.704. The Morgan fingerprint density at radius 3 is 2.67 bits per heavy atom. The van der Waals surface area contributed by atoms with Gasteiger partial charge in [0.1, 0.15) is 0 Å². The molecule has 0 saturated heterocycles. The first kappa shape index (κ1) is 19.3. The van der Waals surface area contributed by atoms with Crippen LogP contribution < -0.4 is 0 Å². The highest BCUT2D eigenvalue weighted by Gasteiger charge is 2.35. The second-order valence-corrected chi connectivity index (χ2v) is 9.91. The van der Waals surface area contributed by atoms with Crippen LogP contribution in [-0.4, -0.2) is 0 Å². The number of rotatable bonds is 5. The maximum absolute atomic E-state index is 2.63. The van der Waals surface area contributed by atoms with Gasteiger partial charge in [0, 0.05) is 0 Å². The quantitative estimate of drug-likeness (QED) is 0.466. The predicted octanol–water partition coefficient (Wildman–Crippen LogP) is 7.86. The van der Waals surface area contributed by atoms with Gasteiger partial charge in [-0.05, 0) is 111 Å². The minimum Gasteiger partial charge on any atom is -0.0914 e. The number of hydrogen-bond donors (Lipinski definition) is 0. The molecule has 3 aliphatic carbocycles. The average Bonchev–Trinajstić information content (AvgIpc) is 2.71. The normalized spacial score (nSPS) is 33.6. The first-order valence-electron chi connectivity index (χ1n) is 12.0. The number of hydrogen-bond acceptors (Lipinski definition) is 0. The molecule has 5 atom stereocenters. The molecular formula is C27H40. The number of benzene rings is 1. The summed E-state index contributed by atoms with van der Waals surface area (Å²) < 4.78 is 0. The van der Waals surface area contributed by atoms with E-state index in [0.717, 1.165) is 29.6 Å². The van der Waals surface area contributed by atoms with Gasteiger partial charge in [0.25, 0.3) is 0 Å². The largest absolute Gasteiger partial charge is 0.0914 e. The van der Waals surface area contributed by atoms with Crippen LogP contribution in [-0.2, 0) is 12.8 Å². The van der Waals surface area contributed by atoms with Crippen molar-refractivity contribution >= 4 is 0 Å². The minimum absolute atomic E-state index is 0.840. The third-order valence-electron chi connectivity index (χ3n) is 8.12. The zero-order valence-corrected chi connectivity index (χ0v) is 17.8. The molecular weight excluding hydrogens is 324 g/mol. The monoisotopic (exact) mass is 364 g/mol. The third-order valence-corrected chi connectivity index (χ3v) is 8.12. The molecule has 3 aliphatic rings. The minimum atomic E-state index is 0.840. The zero-order chi connectivity index (χ0) is 18.6. The van der Waals surface area contributed by atoms with Crippen LogP contribution in [0.3, 0.4) is 0 Å². The van der Waals surface area contributed by atoms with Gasteiger partial charge in [-0.2, -0.15) is 0 Å². The van der Waals surface area contributed by atoms with E-state index in [4.69, 9.17) is 0 Å². The van der Waals surface area contributed by atoms with Crippen LogP contribution in [0.5, 0.6) is 0 Å². The van der Waals surface area contributed by atoms with E-state index in [0.29, 0.717) is 0 Å². The third kappa shape index (κ3) is 4.52. The molecule has 1 aromatic rings. The molecule has 1 aromatic carbocycles. The molecule has 0 amide bonds. The first-order valence-corrected chi connectivity index (χ1v) is 12.0. The molecule has 5 unspecified atom stereocenters. The molecule has 148 valence electrons. The molecule has 0 heteroatoms. The summed E-state index contributed by atoms with van der Waals surface area (Å²) in [4.78, 5) is 0. The molecule has 0 spiro atoms. The highest BCUT2D eigenvalue weighted by molar-refractivity contribution is 5.36. The van der Waals surface area contributed by atoms with Crippen molar-refractivity contribution in [2.75, 3.05) is 0 Å². The van der Waals surface area contributed by atoms with Crippen molar-refractivity contribution in [1.82, 2.24) is 0 Å². The standard InChI is InChI=1S/C27H40/c1-3-5-7-21-9-11-25-19-27(15-13-23(25)17-21)26-14-12-22-16-20(6-4-2)8-10-24(22)18-26/h4,6,13,15,19-22,24,26H,3,5,7-12,14,16-18H2,1-2H3/b6-4+. The van der Waals surface area contributed by atoms with Gasteiger partial charge in [0.05, 0.1) is 0 Å². The van der Waals surface area contributed by atoms with Crippen LogP contribution in [0, 0.1) is 23.7 Å². The fourth-order valence-corrected chi connectivity index (χ4v) is 6.52. The Morgan fingerprint density at radius 2 is 1.81 bits per heavy atom. The zero-order valence-electron chi connectivity index (χ0n) is 17.8. The smallest absolute Gasteiger partial charge is 0.0159 e. The molecule has 0 nitrogen and oxygen atoms in total. The molecule has 0 bridgehead atoms. The van der Waals surface area contributed by atoms with Crippen molar-refractivity contribution in [3.05, 3.63) is 47.0 Å². The molecule has 2 saturated carbocycles. The second kappa shape index (κ2) is 8.97. The number of allylic oxidation sites excluding steroid dienone is 2. The highest BCUT2D eigenvalue weighted by Crippen LogP contribution is 2.48. The summed E-state index contributed by atoms with van der Waals surface area (Å²) in [6.45, 7) is 4.51. The van der Waals surface area contributed by atoms with Gasteiger partial charge in [-0.1, -0.05) is 56.5 Å². The number of aryl methyl sites for hydroxylation is 1. The van der Waals surface area contributed by atoms with E-state index >= 15 is 0 Å². The molecule has 27 heavy (non-hydrogen) atoms. The first-order chi connectivity index (χ1) is 13.3. The summed E-state index contributed by atoms with van der Waals surface area (Å²) in [6.07, 6.45) is 21.8. The molecule has 0 heterocycles. The van der Waals surface area contributed by atoms with E-state index in [-0.39, 0.29) is 0 Å². The van der Waals surface area contributed by atoms with Crippen molar-refractivity contribution in [2.45, 2.75) is 96.8 Å². The second-order valence-electron chi connectivity index (χ2n) is 9.91. The Bertz CT molecular complexity index is 639. The number of fused-ring (bicyclic) bond motifs is 2. The van der Waals surface area contributed by atoms with E-state index in [1.807, 2.05) is 0 Å². The van der Waals surface area contributed by atoms with E-state index in [1.165, 1.54) is 77.0 Å². The van der Waals surface area contributed by atoms with Crippen LogP contribution >= 0.6 is 0 Å². The van der Waals surface area contributed by atoms with Gasteiger partial charge < -0.3 is 0 Å². The topological polar surface area (TPSA) is 0 Å². The van der Waals surface area contributed by atoms with E-state index < -0.39 is 0 Å². The highest BCUT2D eigenvalue weighted by atomic mass is 14.4. The maximum atomic E-state index is 2.63. The lowest BCUT2D eigenvalue weighted by Gasteiger charge is -2.42. The van der Waals surface area contributed by atoms with E-state index in [1.54, 1.807) is 16.7 Å². The van der Waals surface area contributed by atoms with Crippen LogP contribution in [0.15, 0.2) is 30.4 Å². The molecule has 0 aliphatic heterocycles. The Labute approximate surface area is 167 Å². The molecule has 4 rings (SSSR count). The fourth-order valence-electron chi connectivity index (χ4n) is 6.52. The Hall–Kier alpha value is -1.04. The summed E-state index contributed by atoms with van der Waals surface area (Å²) in [7, 11) is 0. The van der Waals surface area contributed by atoms with Gasteiger partial charge in [0.15, 0.2) is 0 Å². The maximum Gasteiger partial charge on any atom is -0.0159 e. The van der Waals surface area contributed by atoms with Crippen molar-refractivity contribution in [3.8, 4) is 0 Å². The van der Waals surface area contributed by atoms with E-state index in [2.05, 4.69) is 44.2 Å². The van der Waals surface area contributed by atoms with Crippen molar-refractivity contribution in [2.24, 2.45) is 23.7 Å². The van der Waals surface area contributed by atoms with E-state index in [9.17, 15) is 0 Å². The van der Waals surface area contributed by atoms with Crippen LogP contribution in [0.1, 0.15) is 101 Å². The average molecular weight is 365 g/mol. The van der Waals surface area contributed by atoms with Gasteiger partial charge in [-0.3, -0.25) is 0 Å². The molecule has 2 fully saturated rings. The summed E-state index contributed by atoms with van der Waals surface area (Å²) in [5, 5.41) is 0. The van der Waals surface area contributed by atoms with Gasteiger partial charge in [-0.25, -0.2) is 0 Å². The van der Waals surface area contributed by atoms with Crippen LogP contribution in [0.25, 0.3) is 0 Å². The van der Waals surface area contributed by atoms with Crippen molar-refractivity contribution in [3.63, 3.8) is 0 Å². The van der Waals surface area contributed by atoms with Crippen LogP contribution in [0.4, 0.5) is 0 Å². The Morgan fingerprint density at radius 1 is 0.963 bits per heavy atom. The van der Waals surface area contributed by atoms with Gasteiger partial charge in [0.2, 0.25) is 0 Å². The lowest BCUT2D eigenvalue weighted by atomic mass is 9.63. The van der Waals surface area contributed by atoms with Crippen molar-refractivity contribution < 1.29 is 0 Å². The lowest BCUT2D eigenvalue weighted by Crippen LogP contribution is -2.30. The number of unbranched alkanes of at least 4 members (excludes halogenated alkanes) is 1. The Kier molecular flexibility index (Phi) is 6.41. The van der Waals surface area contributed by atoms with Crippen molar-refractivity contribution in [1.29, 1.82) is 0 Å².